The number of nitrogens with one attached hydrogen (secondary N) is 1. The Morgan fingerprint density at radius 1 is 1.29 bits per heavy atom. The van der Waals surface area contributed by atoms with E-state index in [1.807, 2.05) is 32.0 Å². The van der Waals surface area contributed by atoms with Crippen molar-refractivity contribution in [2.24, 2.45) is 5.73 Å². The molecule has 0 saturated carbocycles. The molecule has 0 aromatic heterocycles. The van der Waals surface area contributed by atoms with E-state index in [1.165, 1.54) is 5.56 Å². The fourth-order valence-corrected chi connectivity index (χ4v) is 1.37. The third kappa shape index (κ3) is 7.08. The lowest BCUT2D eigenvalue weighted by atomic mass is 10.0. The van der Waals surface area contributed by atoms with Gasteiger partial charge in [-0.2, -0.15) is 0 Å². The molecule has 1 saturated heterocycles. The number of aryl methyl sites for hydroxylation is 1. The van der Waals surface area contributed by atoms with E-state index in [9.17, 15) is 4.39 Å². The maximum absolute atomic E-state index is 12.3. The quantitative estimate of drug-likeness (QED) is 0.834. The van der Waals surface area contributed by atoms with Crippen LogP contribution in [0.5, 0.6) is 0 Å². The van der Waals surface area contributed by atoms with E-state index < -0.39 is 6.17 Å². The minimum absolute atomic E-state index is 0.0556. The molecule has 2 atom stereocenters. The fraction of sp³-hybridized carbons (Fsp3) is 0.571. The third-order valence-electron chi connectivity index (χ3n) is 2.43. The van der Waals surface area contributed by atoms with E-state index in [2.05, 4.69) is 24.4 Å². The molecule has 17 heavy (non-hydrogen) atoms. The lowest BCUT2D eigenvalue weighted by Gasteiger charge is -2.31. The molecule has 0 aliphatic carbocycles. The van der Waals surface area contributed by atoms with Crippen LogP contribution in [-0.4, -0.2) is 25.3 Å². The molecule has 1 heterocycles. The van der Waals surface area contributed by atoms with Crippen molar-refractivity contribution in [2.75, 3.05) is 13.1 Å². The summed E-state index contributed by atoms with van der Waals surface area (Å²) in [4.78, 5) is 0. The fourth-order valence-electron chi connectivity index (χ4n) is 1.37. The van der Waals surface area contributed by atoms with Gasteiger partial charge < -0.3 is 11.1 Å². The van der Waals surface area contributed by atoms with Crippen molar-refractivity contribution in [3.8, 4) is 0 Å². The number of rotatable bonds is 2. The summed E-state index contributed by atoms with van der Waals surface area (Å²) in [6.45, 7) is 7.18. The molecule has 0 spiro atoms. The highest BCUT2D eigenvalue weighted by atomic mass is 19.1. The number of benzene rings is 1. The number of halogens is 1. The average molecular weight is 240 g/mol. The Bertz CT molecular complexity index is 264. The molecule has 98 valence electrons. The van der Waals surface area contributed by atoms with Crippen molar-refractivity contribution in [1.29, 1.82) is 0 Å². The van der Waals surface area contributed by atoms with Gasteiger partial charge in [-0.25, -0.2) is 4.39 Å². The molecule has 1 aromatic carbocycles. The first-order valence-corrected chi connectivity index (χ1v) is 6.33. The van der Waals surface area contributed by atoms with Crippen LogP contribution in [0, 0.1) is 6.92 Å². The summed E-state index contributed by atoms with van der Waals surface area (Å²) in [5.74, 6) is 0. The molecule has 3 N–H and O–H groups in total. The van der Waals surface area contributed by atoms with Gasteiger partial charge in [0.05, 0.1) is 0 Å². The molecule has 3 heteroatoms. The van der Waals surface area contributed by atoms with Gasteiger partial charge in [0.25, 0.3) is 0 Å². The molecule has 1 aliphatic heterocycles. The van der Waals surface area contributed by atoms with Gasteiger partial charge in [-0.05, 0) is 19.9 Å². The zero-order valence-corrected chi connectivity index (χ0v) is 11.1. The van der Waals surface area contributed by atoms with Crippen molar-refractivity contribution < 1.29 is 4.39 Å². The predicted octanol–water partition coefficient (Wildman–Crippen LogP) is 2.67. The van der Waals surface area contributed by atoms with E-state index in [0.717, 1.165) is 6.42 Å². The number of hydrogen-bond acceptors (Lipinski definition) is 2. The van der Waals surface area contributed by atoms with Gasteiger partial charge >= 0.3 is 0 Å². The van der Waals surface area contributed by atoms with E-state index in [4.69, 9.17) is 5.73 Å². The van der Waals surface area contributed by atoms with E-state index in [-0.39, 0.29) is 6.04 Å². The van der Waals surface area contributed by atoms with Gasteiger partial charge in [0.2, 0.25) is 0 Å². The summed E-state index contributed by atoms with van der Waals surface area (Å²) in [7, 11) is 0. The normalized spacial score (nSPS) is 21.2. The van der Waals surface area contributed by atoms with E-state index >= 15 is 0 Å². The Morgan fingerprint density at radius 2 is 1.88 bits per heavy atom. The van der Waals surface area contributed by atoms with E-state index in [1.54, 1.807) is 0 Å². The van der Waals surface area contributed by atoms with Gasteiger partial charge in [-0.1, -0.05) is 49.7 Å². The standard InChI is InChI=1S/C7H8.C5H11FN2.C2H6/c1-7-5-3-2-4-6-7;6-4-3-8-5(4)1-2-7;1-2/h2-6H,1H3;4-5,8H,1-3,7H2;1-2H3. The van der Waals surface area contributed by atoms with Crippen LogP contribution in [-0.2, 0) is 0 Å². The van der Waals surface area contributed by atoms with Gasteiger partial charge in [0.15, 0.2) is 0 Å². The Balaban J connectivity index is 0.000000265. The number of nitrogens with two attached hydrogens (primary N) is 1. The summed E-state index contributed by atoms with van der Waals surface area (Å²) in [6.07, 6.45) is 0.125. The summed E-state index contributed by atoms with van der Waals surface area (Å²) >= 11 is 0. The second kappa shape index (κ2) is 10.2. The summed E-state index contributed by atoms with van der Waals surface area (Å²) < 4.78 is 12.3. The molecular formula is C14H25FN2. The second-order valence-corrected chi connectivity index (χ2v) is 3.76. The smallest absolute Gasteiger partial charge is 0.128 e. The van der Waals surface area contributed by atoms with Crippen LogP contribution in [0.3, 0.4) is 0 Å². The average Bonchev–Trinajstić information content (AvgIpc) is 2.38. The molecule has 1 fully saturated rings. The minimum atomic E-state index is -0.640. The summed E-state index contributed by atoms with van der Waals surface area (Å²) in [5.41, 5.74) is 6.52. The highest BCUT2D eigenvalue weighted by Gasteiger charge is 2.28. The highest BCUT2D eigenvalue weighted by molar-refractivity contribution is 5.11. The molecule has 0 amide bonds. The Hall–Kier alpha value is -0.930. The molecule has 2 nitrogen and oxygen atoms in total. The van der Waals surface area contributed by atoms with Gasteiger partial charge in [-0.3, -0.25) is 0 Å². The van der Waals surface area contributed by atoms with Crippen molar-refractivity contribution in [2.45, 2.75) is 39.4 Å². The molecule has 1 aliphatic rings. The molecule has 0 radical (unpaired) electrons. The topological polar surface area (TPSA) is 38.0 Å². The number of hydrogen-bond donors (Lipinski definition) is 2. The van der Waals surface area contributed by atoms with Crippen molar-refractivity contribution >= 4 is 0 Å². The highest BCUT2D eigenvalue weighted by Crippen LogP contribution is 2.10. The molecular weight excluding hydrogens is 215 g/mol. The van der Waals surface area contributed by atoms with Crippen LogP contribution in [0.25, 0.3) is 0 Å². The van der Waals surface area contributed by atoms with Crippen LogP contribution in [0.15, 0.2) is 30.3 Å². The first-order chi connectivity index (χ1) is 8.24. The number of alkyl halides is 1. The molecule has 1 aromatic rings. The third-order valence-corrected chi connectivity index (χ3v) is 2.43. The Kier molecular flexibility index (Phi) is 9.68. The monoisotopic (exact) mass is 240 g/mol. The largest absolute Gasteiger partial charge is 0.330 e. The predicted molar refractivity (Wildman–Crippen MR) is 72.9 cm³/mol. The molecule has 2 rings (SSSR count). The summed E-state index contributed by atoms with van der Waals surface area (Å²) in [5, 5.41) is 2.94. The minimum Gasteiger partial charge on any atom is -0.330 e. The van der Waals surface area contributed by atoms with Crippen LogP contribution in [0.2, 0.25) is 0 Å². The first kappa shape index (κ1) is 16.1. The maximum Gasteiger partial charge on any atom is 0.128 e. The Morgan fingerprint density at radius 3 is 2.06 bits per heavy atom. The Labute approximate surface area is 104 Å². The second-order valence-electron chi connectivity index (χ2n) is 3.76. The zero-order valence-electron chi connectivity index (χ0n) is 11.1. The van der Waals surface area contributed by atoms with Crippen LogP contribution in [0.4, 0.5) is 4.39 Å². The lowest BCUT2D eigenvalue weighted by molar-refractivity contribution is 0.152. The first-order valence-electron chi connectivity index (χ1n) is 6.33. The van der Waals surface area contributed by atoms with Crippen molar-refractivity contribution in [3.05, 3.63) is 35.9 Å². The lowest BCUT2D eigenvalue weighted by Crippen LogP contribution is -2.55. The SMILES string of the molecule is CC.Cc1ccccc1.NCCC1NCC1F. The van der Waals surface area contributed by atoms with Crippen LogP contribution < -0.4 is 11.1 Å². The van der Waals surface area contributed by atoms with Gasteiger partial charge in [-0.15, -0.1) is 0 Å². The van der Waals surface area contributed by atoms with Gasteiger partial charge in [0.1, 0.15) is 6.17 Å². The van der Waals surface area contributed by atoms with E-state index in [0.29, 0.717) is 13.1 Å². The molecule has 0 bridgehead atoms. The van der Waals surface area contributed by atoms with Crippen molar-refractivity contribution in [3.63, 3.8) is 0 Å². The zero-order chi connectivity index (χ0) is 13.1. The summed E-state index contributed by atoms with van der Waals surface area (Å²) in [6, 6.07) is 10.3. The van der Waals surface area contributed by atoms with Crippen LogP contribution >= 0.6 is 0 Å². The molecule has 2 unspecified atom stereocenters. The van der Waals surface area contributed by atoms with Gasteiger partial charge in [0, 0.05) is 12.6 Å². The maximum atomic E-state index is 12.3. The van der Waals surface area contributed by atoms with Crippen molar-refractivity contribution in [1.82, 2.24) is 5.32 Å². The van der Waals surface area contributed by atoms with Crippen LogP contribution in [0.1, 0.15) is 25.8 Å².